The Morgan fingerprint density at radius 2 is 1.94 bits per heavy atom. The van der Waals surface area contributed by atoms with Crippen LogP contribution in [0, 0.1) is 0 Å². The number of rotatable bonds is 4. The Morgan fingerprint density at radius 3 is 2.44 bits per heavy atom. The van der Waals surface area contributed by atoms with Crippen LogP contribution in [0.1, 0.15) is 5.56 Å². The molecule has 86 valence electrons. The van der Waals surface area contributed by atoms with Gasteiger partial charge in [-0.3, -0.25) is 0 Å². The number of hydrogen-bond donors (Lipinski definition) is 1. The molecular formula is C11H13AsO4. The topological polar surface area (TPSA) is 55.8 Å². The number of aliphatic carboxylic acids is 1. The Morgan fingerprint density at radius 1 is 1.31 bits per heavy atom. The van der Waals surface area contributed by atoms with Gasteiger partial charge in [0.1, 0.15) is 0 Å². The zero-order valence-corrected chi connectivity index (χ0v) is 11.5. The van der Waals surface area contributed by atoms with Crippen molar-refractivity contribution in [2.24, 2.45) is 0 Å². The Labute approximate surface area is 102 Å². The van der Waals surface area contributed by atoms with Gasteiger partial charge in [-0.2, -0.15) is 0 Å². The van der Waals surface area contributed by atoms with Gasteiger partial charge in [-0.25, -0.2) is 0 Å². The van der Waals surface area contributed by atoms with Crippen LogP contribution in [0.4, 0.5) is 0 Å². The van der Waals surface area contributed by atoms with E-state index in [1.54, 1.807) is 38.5 Å². The van der Waals surface area contributed by atoms with Crippen molar-refractivity contribution in [3.63, 3.8) is 0 Å². The summed E-state index contributed by atoms with van der Waals surface area (Å²) in [5, 5.41) is 8.76. The second-order valence-electron chi connectivity index (χ2n) is 3.02. The van der Waals surface area contributed by atoms with Gasteiger partial charge in [-0.05, 0) is 0 Å². The van der Waals surface area contributed by atoms with Crippen molar-refractivity contribution in [2.45, 2.75) is 0 Å². The first-order valence-electron chi connectivity index (χ1n) is 4.51. The van der Waals surface area contributed by atoms with Gasteiger partial charge in [0.05, 0.1) is 0 Å². The third kappa shape index (κ3) is 3.04. The molecule has 5 heteroatoms. The van der Waals surface area contributed by atoms with Crippen LogP contribution >= 0.6 is 0 Å². The number of methoxy groups -OCH3 is 2. The van der Waals surface area contributed by atoms with E-state index in [-0.39, 0.29) is 0 Å². The number of carboxylic acid groups (broad SMARTS) is 1. The predicted octanol–water partition coefficient (Wildman–Crippen LogP) is 0.762. The third-order valence-corrected chi connectivity index (χ3v) is 2.84. The van der Waals surface area contributed by atoms with Crippen LogP contribution < -0.4 is 9.47 Å². The molecule has 0 bridgehead atoms. The van der Waals surface area contributed by atoms with Crippen molar-refractivity contribution < 1.29 is 19.4 Å². The first-order valence-corrected chi connectivity index (χ1v) is 5.72. The number of hydrogen-bond acceptors (Lipinski definition) is 3. The van der Waals surface area contributed by atoms with E-state index in [4.69, 9.17) is 14.6 Å². The van der Waals surface area contributed by atoms with E-state index in [1.807, 2.05) is 0 Å². The molecule has 0 spiro atoms. The van der Waals surface area contributed by atoms with Gasteiger partial charge >= 0.3 is 102 Å². The molecule has 0 amide bonds. The molecule has 0 saturated carbocycles. The molecule has 0 fully saturated rings. The van der Waals surface area contributed by atoms with Crippen molar-refractivity contribution in [1.29, 1.82) is 0 Å². The molecule has 1 atom stereocenters. The first-order chi connectivity index (χ1) is 7.58. The van der Waals surface area contributed by atoms with Crippen LogP contribution in [0.25, 0.3) is 6.08 Å². The number of carboxylic acids is 1. The summed E-state index contributed by atoms with van der Waals surface area (Å²) in [6, 6.07) is 5.26. The molecule has 0 aromatic heterocycles. The number of ether oxygens (including phenoxy) is 2. The maximum absolute atomic E-state index is 10.7. The predicted molar refractivity (Wildman–Crippen MR) is 63.7 cm³/mol. The molecule has 0 aliphatic carbocycles. The van der Waals surface area contributed by atoms with Gasteiger partial charge in [-0.15, -0.1) is 0 Å². The number of benzene rings is 1. The second-order valence-corrected chi connectivity index (χ2v) is 4.32. The molecule has 1 aromatic carbocycles. The summed E-state index contributed by atoms with van der Waals surface area (Å²) in [5.41, 5.74) is 0.777. The molecule has 4 nitrogen and oxygen atoms in total. The molecule has 1 rings (SSSR count). The van der Waals surface area contributed by atoms with Gasteiger partial charge in [-0.1, -0.05) is 0 Å². The van der Waals surface area contributed by atoms with Crippen LogP contribution in [-0.4, -0.2) is 42.1 Å². The van der Waals surface area contributed by atoms with Crippen molar-refractivity contribution in [1.82, 2.24) is 0 Å². The molecule has 1 N–H and O–H groups in total. The minimum atomic E-state index is -0.908. The summed E-state index contributed by atoms with van der Waals surface area (Å²) >= 11 is 1.07. The standard InChI is InChI=1S/C11H13AsO4/c1-15-9-4-3-7(6-10(9)16-2)5-8(12)11(13)14/h3-6H,12H2,1-2H3,(H,13,14)/b8-5-. The van der Waals surface area contributed by atoms with E-state index in [1.165, 1.54) is 0 Å². The summed E-state index contributed by atoms with van der Waals surface area (Å²) in [5.74, 6) is 0.301. The van der Waals surface area contributed by atoms with E-state index in [0.29, 0.717) is 15.9 Å². The molecule has 1 unspecified atom stereocenters. The Bertz CT molecular complexity index is 426. The summed E-state index contributed by atoms with van der Waals surface area (Å²) in [7, 11) is 3.10. The van der Waals surface area contributed by atoms with E-state index >= 15 is 0 Å². The quantitative estimate of drug-likeness (QED) is 0.655. The molecule has 0 aliphatic rings. The van der Waals surface area contributed by atoms with Crippen LogP contribution in [0.15, 0.2) is 22.6 Å². The monoisotopic (exact) mass is 284 g/mol. The van der Waals surface area contributed by atoms with E-state index < -0.39 is 5.97 Å². The van der Waals surface area contributed by atoms with Crippen molar-refractivity contribution in [3.05, 3.63) is 28.1 Å². The third-order valence-electron chi connectivity index (χ3n) is 1.98. The summed E-state index contributed by atoms with van der Waals surface area (Å²) in [6.07, 6.45) is 1.60. The number of carbonyl (C=O) groups is 1. The van der Waals surface area contributed by atoms with E-state index in [0.717, 1.165) is 22.4 Å². The van der Waals surface area contributed by atoms with Crippen molar-refractivity contribution in [3.8, 4) is 11.5 Å². The van der Waals surface area contributed by atoms with Gasteiger partial charge in [0, 0.05) is 0 Å². The molecular weight excluding hydrogens is 271 g/mol. The van der Waals surface area contributed by atoms with Crippen molar-refractivity contribution in [2.75, 3.05) is 14.2 Å². The fraction of sp³-hybridized carbons (Fsp3) is 0.182. The Balaban J connectivity index is 3.09. The zero-order chi connectivity index (χ0) is 12.1. The maximum atomic E-state index is 10.7. The van der Waals surface area contributed by atoms with E-state index in [2.05, 4.69) is 0 Å². The van der Waals surface area contributed by atoms with Crippen LogP contribution in [-0.2, 0) is 4.79 Å². The van der Waals surface area contributed by atoms with Gasteiger partial charge in [0.15, 0.2) is 0 Å². The van der Waals surface area contributed by atoms with Gasteiger partial charge in [0.2, 0.25) is 0 Å². The fourth-order valence-electron chi connectivity index (χ4n) is 1.18. The molecule has 1 aromatic rings. The van der Waals surface area contributed by atoms with Crippen molar-refractivity contribution >= 4 is 28.9 Å². The second kappa shape index (κ2) is 5.61. The average molecular weight is 284 g/mol. The normalized spacial score (nSPS) is 11.1. The van der Waals surface area contributed by atoms with Crippen LogP contribution in [0.3, 0.4) is 0 Å². The SMILES string of the molecule is COc1ccc(/C=C(\[AsH2])C(=O)O)cc1OC. The average Bonchev–Trinajstić information content (AvgIpc) is 2.28. The Kier molecular flexibility index (Phi) is 4.44. The van der Waals surface area contributed by atoms with E-state index in [9.17, 15) is 4.79 Å². The van der Waals surface area contributed by atoms with Gasteiger partial charge < -0.3 is 0 Å². The first kappa shape index (κ1) is 12.7. The van der Waals surface area contributed by atoms with Gasteiger partial charge in [0.25, 0.3) is 0 Å². The summed E-state index contributed by atoms with van der Waals surface area (Å²) in [4.78, 5) is 10.7. The molecule has 0 saturated heterocycles. The summed E-state index contributed by atoms with van der Waals surface area (Å²) < 4.78 is 10.5. The molecule has 0 heterocycles. The Hall–Kier alpha value is -1.41. The molecule has 16 heavy (non-hydrogen) atoms. The molecule has 0 radical (unpaired) electrons. The van der Waals surface area contributed by atoms with Crippen LogP contribution in [0.2, 0.25) is 0 Å². The minimum absolute atomic E-state index is 0.333. The molecule has 0 aliphatic heterocycles. The zero-order valence-electron chi connectivity index (χ0n) is 9.06. The van der Waals surface area contributed by atoms with Crippen LogP contribution in [0.5, 0.6) is 11.5 Å². The summed E-state index contributed by atoms with van der Waals surface area (Å²) in [6.45, 7) is 0. The fourth-order valence-corrected chi connectivity index (χ4v) is 1.59.